The summed E-state index contributed by atoms with van der Waals surface area (Å²) in [5.41, 5.74) is 2.18. The second-order valence-electron chi connectivity index (χ2n) is 6.43. The van der Waals surface area contributed by atoms with Crippen LogP contribution in [0.4, 0.5) is 10.5 Å². The van der Waals surface area contributed by atoms with Crippen molar-refractivity contribution in [2.45, 2.75) is 25.8 Å². The van der Waals surface area contributed by atoms with Crippen LogP contribution in [0.2, 0.25) is 0 Å². The molecule has 0 spiro atoms. The largest absolute Gasteiger partial charge is 0.497 e. The van der Waals surface area contributed by atoms with Crippen LogP contribution in [0.1, 0.15) is 18.9 Å². The maximum absolute atomic E-state index is 12.6. The van der Waals surface area contributed by atoms with Crippen molar-refractivity contribution < 1.29 is 14.3 Å². The molecule has 0 aromatic heterocycles. The fraction of sp³-hybridized carbons (Fsp3) is 0.611. The highest BCUT2D eigenvalue weighted by Crippen LogP contribution is 2.30. The van der Waals surface area contributed by atoms with E-state index in [9.17, 15) is 4.79 Å². The molecule has 1 fully saturated rings. The topological polar surface area (TPSA) is 54.0 Å². The third-order valence-electron chi connectivity index (χ3n) is 4.87. The minimum atomic E-state index is -0.0128. The second-order valence-corrected chi connectivity index (χ2v) is 6.43. The Morgan fingerprint density at radius 2 is 2.12 bits per heavy atom. The van der Waals surface area contributed by atoms with E-state index in [-0.39, 0.29) is 6.03 Å². The number of nitrogens with zero attached hydrogens (tertiary/aromatic N) is 2. The molecule has 0 saturated carbocycles. The third kappa shape index (κ3) is 3.82. The van der Waals surface area contributed by atoms with Crippen LogP contribution in [0.3, 0.4) is 0 Å². The molecule has 1 aromatic rings. The Hall–Kier alpha value is -1.79. The number of hydrogen-bond donors (Lipinski definition) is 1. The van der Waals surface area contributed by atoms with Crippen LogP contribution in [0, 0.1) is 0 Å². The summed E-state index contributed by atoms with van der Waals surface area (Å²) in [6, 6.07) is 6.24. The van der Waals surface area contributed by atoms with Crippen molar-refractivity contribution in [3.05, 3.63) is 23.8 Å². The van der Waals surface area contributed by atoms with Crippen molar-refractivity contribution in [2.75, 3.05) is 51.4 Å². The first-order valence-corrected chi connectivity index (χ1v) is 8.73. The highest BCUT2D eigenvalue weighted by molar-refractivity contribution is 5.93. The molecule has 3 rings (SSSR count). The normalized spacial score (nSPS) is 19.5. The van der Waals surface area contributed by atoms with Gasteiger partial charge >= 0.3 is 6.03 Å². The van der Waals surface area contributed by atoms with Crippen LogP contribution in [0.5, 0.6) is 5.75 Å². The minimum Gasteiger partial charge on any atom is -0.497 e. The van der Waals surface area contributed by atoms with Gasteiger partial charge in [-0.2, -0.15) is 0 Å². The number of rotatable bonds is 4. The Labute approximate surface area is 143 Å². The molecule has 6 heteroatoms. The van der Waals surface area contributed by atoms with E-state index in [1.807, 2.05) is 23.1 Å². The fourth-order valence-electron chi connectivity index (χ4n) is 3.39. The summed E-state index contributed by atoms with van der Waals surface area (Å²) in [4.78, 5) is 16.9. The van der Waals surface area contributed by atoms with E-state index >= 15 is 0 Å². The smallest absolute Gasteiger partial charge is 0.321 e. The van der Waals surface area contributed by atoms with Gasteiger partial charge in [-0.1, -0.05) is 0 Å². The molecule has 24 heavy (non-hydrogen) atoms. The quantitative estimate of drug-likeness (QED) is 0.914. The number of aryl methyl sites for hydroxylation is 1. The van der Waals surface area contributed by atoms with E-state index in [1.54, 1.807) is 7.11 Å². The number of ether oxygens (including phenoxy) is 2. The van der Waals surface area contributed by atoms with Crippen LogP contribution in [0.15, 0.2) is 18.2 Å². The van der Waals surface area contributed by atoms with E-state index in [1.165, 1.54) is 5.56 Å². The van der Waals surface area contributed by atoms with E-state index in [0.717, 1.165) is 57.1 Å². The van der Waals surface area contributed by atoms with Gasteiger partial charge < -0.3 is 14.8 Å². The van der Waals surface area contributed by atoms with Crippen LogP contribution in [0.25, 0.3) is 0 Å². The van der Waals surface area contributed by atoms with Gasteiger partial charge in [-0.25, -0.2) is 4.79 Å². The van der Waals surface area contributed by atoms with Gasteiger partial charge in [0.2, 0.25) is 0 Å². The van der Waals surface area contributed by atoms with Gasteiger partial charge in [0.25, 0.3) is 0 Å². The molecule has 0 aliphatic carbocycles. The first-order chi connectivity index (χ1) is 11.7. The van der Waals surface area contributed by atoms with E-state index in [4.69, 9.17) is 9.47 Å². The summed E-state index contributed by atoms with van der Waals surface area (Å²) >= 11 is 0. The van der Waals surface area contributed by atoms with Crippen molar-refractivity contribution in [2.24, 2.45) is 0 Å². The highest BCUT2D eigenvalue weighted by atomic mass is 16.5. The first kappa shape index (κ1) is 17.0. The predicted octanol–water partition coefficient (Wildman–Crippen LogP) is 1.88. The Bertz CT molecular complexity index is 573. The summed E-state index contributed by atoms with van der Waals surface area (Å²) in [5, 5.41) is 3.09. The molecule has 2 aliphatic rings. The number of amides is 2. The number of fused-ring (bicyclic) bond motifs is 1. The molecular formula is C18H27N3O3. The lowest BCUT2D eigenvalue weighted by molar-refractivity contribution is 0.0209. The SMILES string of the molecule is COc1ccc2c(c1)CCCN2C(=O)NC[C@@H](C)N1CCOCC1. The van der Waals surface area contributed by atoms with Gasteiger partial charge in [-0.3, -0.25) is 9.80 Å². The van der Waals surface area contributed by atoms with Gasteiger partial charge in [0, 0.05) is 37.9 Å². The predicted molar refractivity (Wildman–Crippen MR) is 93.9 cm³/mol. The number of urea groups is 1. The number of methoxy groups -OCH3 is 1. The Kier molecular flexibility index (Phi) is 5.58. The average molecular weight is 333 g/mol. The molecule has 0 unspecified atom stereocenters. The van der Waals surface area contributed by atoms with Gasteiger partial charge in [0.1, 0.15) is 5.75 Å². The van der Waals surface area contributed by atoms with E-state index in [2.05, 4.69) is 17.1 Å². The summed E-state index contributed by atoms with van der Waals surface area (Å²) in [6.07, 6.45) is 1.97. The number of carbonyl (C=O) groups is 1. The highest BCUT2D eigenvalue weighted by Gasteiger charge is 2.24. The lowest BCUT2D eigenvalue weighted by Crippen LogP contribution is -2.50. The van der Waals surface area contributed by atoms with E-state index in [0.29, 0.717) is 12.6 Å². The molecule has 0 bridgehead atoms. The van der Waals surface area contributed by atoms with Crippen LogP contribution < -0.4 is 15.0 Å². The van der Waals surface area contributed by atoms with Crippen molar-refractivity contribution in [3.63, 3.8) is 0 Å². The third-order valence-corrected chi connectivity index (χ3v) is 4.87. The molecule has 1 aromatic carbocycles. The van der Waals surface area contributed by atoms with Crippen molar-refractivity contribution in [3.8, 4) is 5.75 Å². The Balaban J connectivity index is 1.59. The maximum atomic E-state index is 12.6. The lowest BCUT2D eigenvalue weighted by atomic mass is 10.0. The molecule has 0 radical (unpaired) electrons. The zero-order valence-corrected chi connectivity index (χ0v) is 14.6. The summed E-state index contributed by atoms with van der Waals surface area (Å²) < 4.78 is 10.7. The monoisotopic (exact) mass is 333 g/mol. The number of morpholine rings is 1. The Morgan fingerprint density at radius 3 is 2.88 bits per heavy atom. The zero-order chi connectivity index (χ0) is 16.9. The second kappa shape index (κ2) is 7.85. The zero-order valence-electron chi connectivity index (χ0n) is 14.6. The number of anilines is 1. The Morgan fingerprint density at radius 1 is 1.33 bits per heavy atom. The number of carbonyl (C=O) groups excluding carboxylic acids is 1. The molecule has 2 aliphatic heterocycles. The summed E-state index contributed by atoms with van der Waals surface area (Å²) in [5.74, 6) is 0.844. The number of nitrogens with one attached hydrogen (secondary N) is 1. The average Bonchev–Trinajstić information content (AvgIpc) is 2.65. The molecule has 1 atom stereocenters. The molecular weight excluding hydrogens is 306 g/mol. The molecule has 1 saturated heterocycles. The van der Waals surface area contributed by atoms with Crippen LogP contribution in [-0.2, 0) is 11.2 Å². The van der Waals surface area contributed by atoms with Gasteiger partial charge in [-0.15, -0.1) is 0 Å². The molecule has 1 N–H and O–H groups in total. The lowest BCUT2D eigenvalue weighted by Gasteiger charge is -2.34. The number of benzene rings is 1. The van der Waals surface area contributed by atoms with E-state index < -0.39 is 0 Å². The van der Waals surface area contributed by atoms with Crippen molar-refractivity contribution in [1.29, 1.82) is 0 Å². The molecule has 6 nitrogen and oxygen atoms in total. The molecule has 132 valence electrons. The minimum absolute atomic E-state index is 0.0128. The molecule has 2 heterocycles. The van der Waals surface area contributed by atoms with Crippen LogP contribution in [-0.4, -0.2) is 63.5 Å². The standard InChI is InChI=1S/C18H27N3O3/c1-14(20-8-10-24-11-9-20)13-19-18(22)21-7-3-4-15-12-16(23-2)5-6-17(15)21/h5-6,12,14H,3-4,7-11,13H2,1-2H3,(H,19,22)/t14-/m1/s1. The van der Waals surface area contributed by atoms with Crippen molar-refractivity contribution >= 4 is 11.7 Å². The molecule has 2 amide bonds. The van der Waals surface area contributed by atoms with Gasteiger partial charge in [0.05, 0.1) is 20.3 Å². The van der Waals surface area contributed by atoms with Crippen molar-refractivity contribution in [1.82, 2.24) is 10.2 Å². The summed E-state index contributed by atoms with van der Waals surface area (Å²) in [6.45, 7) is 6.99. The fourth-order valence-corrected chi connectivity index (χ4v) is 3.39. The maximum Gasteiger partial charge on any atom is 0.321 e. The van der Waals surface area contributed by atoms with Gasteiger partial charge in [-0.05, 0) is 43.5 Å². The van der Waals surface area contributed by atoms with Gasteiger partial charge in [0.15, 0.2) is 0 Å². The first-order valence-electron chi connectivity index (χ1n) is 8.73. The summed E-state index contributed by atoms with van der Waals surface area (Å²) in [7, 11) is 1.67. The number of hydrogen-bond acceptors (Lipinski definition) is 4. The van der Waals surface area contributed by atoms with Crippen LogP contribution >= 0.6 is 0 Å².